The Hall–Kier alpha value is -2.78. The smallest absolute Gasteiger partial charge is 0.338 e. The molecule has 6 atom stereocenters. The molecule has 6 unspecified atom stereocenters. The van der Waals surface area contributed by atoms with Gasteiger partial charge in [-0.2, -0.15) is 0 Å². The second-order valence-electron chi connectivity index (χ2n) is 7.10. The van der Waals surface area contributed by atoms with Gasteiger partial charge >= 0.3 is 11.9 Å². The maximum Gasteiger partial charge on any atom is 0.338 e. The highest BCUT2D eigenvalue weighted by Crippen LogP contribution is 2.49. The summed E-state index contributed by atoms with van der Waals surface area (Å²) in [5.74, 6) is -1.37. The molecular formula is C21H20O8. The molecule has 152 valence electrons. The highest BCUT2D eigenvalue weighted by Gasteiger charge is 2.73. The molecule has 1 heterocycles. The maximum atomic E-state index is 12.2. The number of aliphatic hydroxyl groups excluding tert-OH is 3. The quantitative estimate of drug-likeness (QED) is 0.483. The molecule has 2 aromatic carbocycles. The third-order valence-corrected chi connectivity index (χ3v) is 5.27. The van der Waals surface area contributed by atoms with Crippen molar-refractivity contribution in [2.24, 2.45) is 0 Å². The normalized spacial score (nSPS) is 32.7. The first-order valence-corrected chi connectivity index (χ1v) is 9.14. The van der Waals surface area contributed by atoms with Crippen LogP contribution in [0.1, 0.15) is 20.7 Å². The van der Waals surface area contributed by atoms with E-state index in [9.17, 15) is 24.9 Å². The summed E-state index contributed by atoms with van der Waals surface area (Å²) < 4.78 is 15.9. The fraction of sp³-hybridized carbons (Fsp3) is 0.333. The molecule has 4 rings (SSSR count). The summed E-state index contributed by atoms with van der Waals surface area (Å²) in [7, 11) is 0. The molecule has 3 N–H and O–H groups in total. The van der Waals surface area contributed by atoms with Crippen molar-refractivity contribution in [3.8, 4) is 0 Å². The van der Waals surface area contributed by atoms with Gasteiger partial charge in [-0.1, -0.05) is 36.4 Å². The van der Waals surface area contributed by atoms with Gasteiger partial charge in [-0.05, 0) is 24.3 Å². The first-order chi connectivity index (χ1) is 13.9. The zero-order valence-corrected chi connectivity index (χ0v) is 15.3. The van der Waals surface area contributed by atoms with Crippen LogP contribution >= 0.6 is 0 Å². The zero-order chi connectivity index (χ0) is 20.6. The van der Waals surface area contributed by atoms with Crippen molar-refractivity contribution in [3.63, 3.8) is 0 Å². The zero-order valence-electron chi connectivity index (χ0n) is 15.3. The Balaban J connectivity index is 1.42. The standard InChI is InChI=1S/C21H20O8/c22-14-16(28-20(26)13-9-5-2-6-10-13)15(23)18-21(29-18,17(14)24)11-27-19(25)12-7-3-1-4-8-12/h1-10,14-18,22-24H,11H2. The van der Waals surface area contributed by atoms with Gasteiger partial charge < -0.3 is 29.5 Å². The minimum atomic E-state index is -1.62. The van der Waals surface area contributed by atoms with Gasteiger partial charge in [-0.25, -0.2) is 9.59 Å². The first-order valence-electron chi connectivity index (χ1n) is 9.14. The van der Waals surface area contributed by atoms with Crippen LogP contribution in [0, 0.1) is 0 Å². The molecule has 1 saturated carbocycles. The summed E-state index contributed by atoms with van der Waals surface area (Å²) in [6.45, 7) is -0.361. The largest absolute Gasteiger partial charge is 0.459 e. The molecule has 8 heteroatoms. The number of carbonyl (C=O) groups is 2. The monoisotopic (exact) mass is 400 g/mol. The summed E-state index contributed by atoms with van der Waals surface area (Å²) in [5.41, 5.74) is -0.882. The number of epoxide rings is 1. The van der Waals surface area contributed by atoms with Crippen molar-refractivity contribution < 1.29 is 39.1 Å². The summed E-state index contributed by atoms with van der Waals surface area (Å²) in [6.07, 6.45) is -6.86. The number of rotatable bonds is 5. The van der Waals surface area contributed by atoms with Crippen LogP contribution in [0.5, 0.6) is 0 Å². The van der Waals surface area contributed by atoms with Crippen LogP contribution in [-0.4, -0.2) is 70.0 Å². The molecule has 1 aliphatic heterocycles. The third-order valence-electron chi connectivity index (χ3n) is 5.27. The summed E-state index contributed by atoms with van der Waals surface area (Å²) in [6, 6.07) is 16.3. The fourth-order valence-electron chi connectivity index (χ4n) is 3.58. The molecule has 0 radical (unpaired) electrons. The molecule has 2 aromatic rings. The SMILES string of the molecule is O=C(OCC12OC1C(O)C(OC(=O)c1ccccc1)C(O)C2O)c1ccccc1. The van der Waals surface area contributed by atoms with Crippen LogP contribution in [0.15, 0.2) is 60.7 Å². The highest BCUT2D eigenvalue weighted by molar-refractivity contribution is 5.90. The van der Waals surface area contributed by atoms with Gasteiger partial charge in [-0.15, -0.1) is 0 Å². The Morgan fingerprint density at radius 2 is 1.41 bits per heavy atom. The van der Waals surface area contributed by atoms with Crippen LogP contribution < -0.4 is 0 Å². The van der Waals surface area contributed by atoms with E-state index in [4.69, 9.17) is 14.2 Å². The number of hydrogen-bond acceptors (Lipinski definition) is 8. The van der Waals surface area contributed by atoms with E-state index in [2.05, 4.69) is 0 Å². The molecule has 8 nitrogen and oxygen atoms in total. The molecule has 0 spiro atoms. The number of benzene rings is 2. The summed E-state index contributed by atoms with van der Waals surface area (Å²) >= 11 is 0. The number of aliphatic hydroxyl groups is 3. The Kier molecular flexibility index (Phi) is 5.10. The van der Waals surface area contributed by atoms with Crippen LogP contribution in [0.3, 0.4) is 0 Å². The van der Waals surface area contributed by atoms with Gasteiger partial charge in [0.05, 0.1) is 11.1 Å². The Labute approximate surface area is 166 Å². The molecular weight excluding hydrogens is 380 g/mol. The maximum absolute atomic E-state index is 12.2. The van der Waals surface area contributed by atoms with Crippen LogP contribution in [0.2, 0.25) is 0 Å². The van der Waals surface area contributed by atoms with Gasteiger partial charge in [0.2, 0.25) is 0 Å². The van der Waals surface area contributed by atoms with E-state index in [0.29, 0.717) is 5.56 Å². The van der Waals surface area contributed by atoms with Gasteiger partial charge in [0.1, 0.15) is 31.0 Å². The predicted octanol–water partition coefficient (Wildman–Crippen LogP) is 0.303. The second-order valence-corrected chi connectivity index (χ2v) is 7.10. The van der Waals surface area contributed by atoms with Crippen LogP contribution in [0.4, 0.5) is 0 Å². The highest BCUT2D eigenvalue weighted by atomic mass is 16.7. The molecule has 0 bridgehead atoms. The lowest BCUT2D eigenvalue weighted by Crippen LogP contribution is -2.61. The summed E-state index contributed by atoms with van der Waals surface area (Å²) in [5, 5.41) is 31.5. The Morgan fingerprint density at radius 1 is 0.862 bits per heavy atom. The topological polar surface area (TPSA) is 126 Å². The lowest BCUT2D eigenvalue weighted by Gasteiger charge is -2.36. The van der Waals surface area contributed by atoms with Crippen LogP contribution in [-0.2, 0) is 14.2 Å². The average molecular weight is 400 g/mol. The van der Waals surface area contributed by atoms with Crippen molar-refractivity contribution in [1.82, 2.24) is 0 Å². The Bertz CT molecular complexity index is 886. The van der Waals surface area contributed by atoms with Gasteiger partial charge in [0, 0.05) is 0 Å². The Morgan fingerprint density at radius 3 is 2.00 bits per heavy atom. The summed E-state index contributed by atoms with van der Waals surface area (Å²) in [4.78, 5) is 24.4. The van der Waals surface area contributed by atoms with Crippen molar-refractivity contribution in [2.45, 2.75) is 36.1 Å². The van der Waals surface area contributed by atoms with E-state index in [-0.39, 0.29) is 12.2 Å². The molecule has 0 aromatic heterocycles. The molecule has 1 aliphatic carbocycles. The van der Waals surface area contributed by atoms with Crippen LogP contribution in [0.25, 0.3) is 0 Å². The lowest BCUT2D eigenvalue weighted by atomic mass is 9.81. The van der Waals surface area contributed by atoms with Crippen molar-refractivity contribution in [1.29, 1.82) is 0 Å². The molecule has 2 aliphatic rings. The number of esters is 2. The molecule has 29 heavy (non-hydrogen) atoms. The second kappa shape index (κ2) is 7.57. The lowest BCUT2D eigenvalue weighted by molar-refractivity contribution is -0.145. The average Bonchev–Trinajstić information content (AvgIpc) is 3.51. The van der Waals surface area contributed by atoms with E-state index in [1.54, 1.807) is 48.5 Å². The van der Waals surface area contributed by atoms with Crippen molar-refractivity contribution in [2.75, 3.05) is 6.61 Å². The van der Waals surface area contributed by atoms with E-state index >= 15 is 0 Å². The number of carbonyl (C=O) groups excluding carboxylic acids is 2. The van der Waals surface area contributed by atoms with E-state index in [1.807, 2.05) is 0 Å². The van der Waals surface area contributed by atoms with E-state index in [1.165, 1.54) is 12.1 Å². The van der Waals surface area contributed by atoms with E-state index in [0.717, 1.165) is 0 Å². The number of hydrogen-bond donors (Lipinski definition) is 3. The molecule has 0 amide bonds. The van der Waals surface area contributed by atoms with Crippen molar-refractivity contribution in [3.05, 3.63) is 71.8 Å². The third kappa shape index (κ3) is 3.51. The molecule has 1 saturated heterocycles. The number of fused-ring (bicyclic) bond motifs is 1. The van der Waals surface area contributed by atoms with Gasteiger partial charge in [0.25, 0.3) is 0 Å². The number of ether oxygens (including phenoxy) is 3. The fourth-order valence-corrected chi connectivity index (χ4v) is 3.58. The molecule has 2 fully saturated rings. The minimum Gasteiger partial charge on any atom is -0.459 e. The van der Waals surface area contributed by atoms with Gasteiger partial charge in [-0.3, -0.25) is 0 Å². The van der Waals surface area contributed by atoms with Gasteiger partial charge in [0.15, 0.2) is 11.7 Å². The first kappa shape index (κ1) is 19.5. The minimum absolute atomic E-state index is 0.242. The van der Waals surface area contributed by atoms with Crippen molar-refractivity contribution >= 4 is 11.9 Å². The predicted molar refractivity (Wildman–Crippen MR) is 98.0 cm³/mol. The van der Waals surface area contributed by atoms with E-state index < -0.39 is 48.1 Å².